The Morgan fingerprint density at radius 2 is 1.88 bits per heavy atom. The minimum absolute atomic E-state index is 0.471. The van der Waals surface area contributed by atoms with Crippen LogP contribution in [-0.2, 0) is 0 Å². The molecule has 17 heavy (non-hydrogen) atoms. The minimum Gasteiger partial charge on any atom is -0.330 e. The lowest BCUT2D eigenvalue weighted by Gasteiger charge is -2.38. The first-order valence-corrected chi connectivity index (χ1v) is 7.54. The van der Waals surface area contributed by atoms with Crippen molar-refractivity contribution in [1.82, 2.24) is 4.90 Å². The summed E-state index contributed by atoms with van der Waals surface area (Å²) in [6.07, 6.45) is 10.8. The second kappa shape index (κ2) is 7.38. The van der Waals surface area contributed by atoms with E-state index in [1.165, 1.54) is 57.9 Å². The average Bonchev–Trinajstić information content (AvgIpc) is 2.37. The molecule has 0 aromatic rings. The topological polar surface area (TPSA) is 29.3 Å². The second-order valence-corrected chi connectivity index (χ2v) is 6.13. The lowest BCUT2D eigenvalue weighted by Crippen LogP contribution is -2.38. The monoisotopic (exact) mass is 240 g/mol. The van der Waals surface area contributed by atoms with E-state index in [4.69, 9.17) is 5.73 Å². The number of nitrogens with zero attached hydrogens (tertiary/aromatic N) is 1. The molecule has 2 heteroatoms. The van der Waals surface area contributed by atoms with E-state index < -0.39 is 0 Å². The van der Waals surface area contributed by atoms with Gasteiger partial charge in [0.05, 0.1) is 0 Å². The minimum atomic E-state index is 0.471. The maximum absolute atomic E-state index is 6.04. The fourth-order valence-electron chi connectivity index (χ4n) is 3.13. The molecule has 0 aromatic heterocycles. The van der Waals surface area contributed by atoms with E-state index in [0.29, 0.717) is 5.41 Å². The Morgan fingerprint density at radius 3 is 2.41 bits per heavy atom. The summed E-state index contributed by atoms with van der Waals surface area (Å²) in [7, 11) is 2.27. The van der Waals surface area contributed by atoms with Crippen molar-refractivity contribution in [2.24, 2.45) is 11.1 Å². The van der Waals surface area contributed by atoms with Crippen molar-refractivity contribution in [2.75, 3.05) is 20.1 Å². The van der Waals surface area contributed by atoms with Crippen LogP contribution >= 0.6 is 0 Å². The van der Waals surface area contributed by atoms with Crippen LogP contribution in [0.1, 0.15) is 65.2 Å². The lowest BCUT2D eigenvalue weighted by atomic mass is 9.72. The molecule has 1 atom stereocenters. The normalized spacial score (nSPS) is 21.7. The van der Waals surface area contributed by atoms with Crippen LogP contribution in [0.25, 0.3) is 0 Å². The first-order chi connectivity index (χ1) is 8.13. The summed E-state index contributed by atoms with van der Waals surface area (Å²) in [5.41, 5.74) is 6.51. The summed E-state index contributed by atoms with van der Waals surface area (Å²) >= 11 is 0. The Hall–Kier alpha value is -0.0800. The first kappa shape index (κ1) is 15.0. The van der Waals surface area contributed by atoms with Crippen LogP contribution in [0.2, 0.25) is 0 Å². The number of hydrogen-bond donors (Lipinski definition) is 1. The summed E-state index contributed by atoms with van der Waals surface area (Å²) in [5, 5.41) is 0. The molecule has 0 radical (unpaired) electrons. The quantitative estimate of drug-likeness (QED) is 0.739. The van der Waals surface area contributed by atoms with Gasteiger partial charge in [-0.2, -0.15) is 0 Å². The van der Waals surface area contributed by atoms with E-state index in [2.05, 4.69) is 25.8 Å². The van der Waals surface area contributed by atoms with Gasteiger partial charge in [-0.3, -0.25) is 0 Å². The zero-order chi connectivity index (χ0) is 12.7. The molecule has 0 heterocycles. The molecule has 0 spiro atoms. The van der Waals surface area contributed by atoms with Gasteiger partial charge in [0, 0.05) is 6.04 Å². The number of hydrogen-bond acceptors (Lipinski definition) is 2. The molecule has 1 aliphatic rings. The third kappa shape index (κ3) is 4.59. The van der Waals surface area contributed by atoms with Crippen molar-refractivity contribution in [3.05, 3.63) is 0 Å². The Balaban J connectivity index is 2.36. The lowest BCUT2D eigenvalue weighted by molar-refractivity contribution is 0.140. The molecule has 0 aromatic carbocycles. The molecular weight excluding hydrogens is 208 g/mol. The first-order valence-electron chi connectivity index (χ1n) is 7.54. The fourth-order valence-corrected chi connectivity index (χ4v) is 3.13. The van der Waals surface area contributed by atoms with Crippen molar-refractivity contribution in [3.63, 3.8) is 0 Å². The Morgan fingerprint density at radius 1 is 1.24 bits per heavy atom. The molecule has 2 nitrogen and oxygen atoms in total. The van der Waals surface area contributed by atoms with Gasteiger partial charge < -0.3 is 10.6 Å². The van der Waals surface area contributed by atoms with Crippen molar-refractivity contribution in [3.8, 4) is 0 Å². The molecule has 1 saturated carbocycles. The van der Waals surface area contributed by atoms with Crippen LogP contribution in [0.5, 0.6) is 0 Å². The fraction of sp³-hybridized carbons (Fsp3) is 1.00. The summed E-state index contributed by atoms with van der Waals surface area (Å²) in [4.78, 5) is 2.52. The second-order valence-electron chi connectivity index (χ2n) is 6.13. The van der Waals surface area contributed by atoms with E-state index in [1.54, 1.807) is 0 Å². The third-order valence-corrected chi connectivity index (χ3v) is 4.80. The molecule has 2 N–H and O–H groups in total. The van der Waals surface area contributed by atoms with Gasteiger partial charge in [-0.25, -0.2) is 0 Å². The molecule has 1 fully saturated rings. The Bertz CT molecular complexity index is 197. The van der Waals surface area contributed by atoms with Gasteiger partial charge in [0.2, 0.25) is 0 Å². The van der Waals surface area contributed by atoms with E-state index in [-0.39, 0.29) is 0 Å². The van der Waals surface area contributed by atoms with Gasteiger partial charge in [0.1, 0.15) is 0 Å². The van der Waals surface area contributed by atoms with Gasteiger partial charge in [0.15, 0.2) is 0 Å². The van der Waals surface area contributed by atoms with E-state index >= 15 is 0 Å². The van der Waals surface area contributed by atoms with Gasteiger partial charge in [-0.15, -0.1) is 0 Å². The van der Waals surface area contributed by atoms with Gasteiger partial charge in [-0.1, -0.05) is 32.6 Å². The maximum Gasteiger partial charge on any atom is 0.00637 e. The van der Waals surface area contributed by atoms with E-state index in [0.717, 1.165) is 12.6 Å². The molecule has 0 saturated heterocycles. The van der Waals surface area contributed by atoms with Crippen molar-refractivity contribution >= 4 is 0 Å². The van der Waals surface area contributed by atoms with Crippen LogP contribution < -0.4 is 5.73 Å². The van der Waals surface area contributed by atoms with Crippen LogP contribution in [0.3, 0.4) is 0 Å². The Kier molecular flexibility index (Phi) is 6.50. The molecular formula is C15H32N2. The molecule has 0 aliphatic heterocycles. The highest BCUT2D eigenvalue weighted by molar-refractivity contribution is 4.84. The molecule has 102 valence electrons. The van der Waals surface area contributed by atoms with Crippen LogP contribution in [0.15, 0.2) is 0 Å². The standard InChI is InChI=1S/C15H32N2/c1-4-8-14(2)17(3)12-11-15(13-16)9-6-5-7-10-15/h14H,4-13,16H2,1-3H3. The van der Waals surface area contributed by atoms with Gasteiger partial charge >= 0.3 is 0 Å². The zero-order valence-corrected chi connectivity index (χ0v) is 12.2. The predicted octanol–water partition coefficient (Wildman–Crippen LogP) is 3.41. The highest BCUT2D eigenvalue weighted by Gasteiger charge is 2.30. The smallest absolute Gasteiger partial charge is 0.00637 e. The van der Waals surface area contributed by atoms with Crippen LogP contribution in [0, 0.1) is 5.41 Å². The number of nitrogens with two attached hydrogens (primary N) is 1. The molecule has 0 amide bonds. The zero-order valence-electron chi connectivity index (χ0n) is 12.2. The van der Waals surface area contributed by atoms with Crippen molar-refractivity contribution < 1.29 is 0 Å². The van der Waals surface area contributed by atoms with Gasteiger partial charge in [0.25, 0.3) is 0 Å². The largest absolute Gasteiger partial charge is 0.330 e. The summed E-state index contributed by atoms with van der Waals surface area (Å²) in [6, 6.07) is 0.721. The Labute approximate surface area is 108 Å². The van der Waals surface area contributed by atoms with Gasteiger partial charge in [-0.05, 0) is 58.2 Å². The average molecular weight is 240 g/mol. The highest BCUT2D eigenvalue weighted by atomic mass is 15.1. The van der Waals surface area contributed by atoms with E-state index in [9.17, 15) is 0 Å². The number of rotatable bonds is 7. The van der Waals surface area contributed by atoms with Crippen LogP contribution in [0.4, 0.5) is 0 Å². The van der Waals surface area contributed by atoms with Crippen molar-refractivity contribution in [1.29, 1.82) is 0 Å². The maximum atomic E-state index is 6.04. The molecule has 1 aliphatic carbocycles. The molecule has 0 bridgehead atoms. The summed E-state index contributed by atoms with van der Waals surface area (Å²) in [5.74, 6) is 0. The molecule has 1 unspecified atom stereocenters. The third-order valence-electron chi connectivity index (χ3n) is 4.80. The SMILES string of the molecule is CCCC(C)N(C)CCC1(CN)CCCCC1. The molecule has 1 rings (SSSR count). The van der Waals surface area contributed by atoms with Crippen molar-refractivity contribution in [2.45, 2.75) is 71.3 Å². The van der Waals surface area contributed by atoms with Crippen LogP contribution in [-0.4, -0.2) is 31.1 Å². The predicted molar refractivity (Wildman–Crippen MR) is 76.2 cm³/mol. The highest BCUT2D eigenvalue weighted by Crippen LogP contribution is 2.38. The summed E-state index contributed by atoms with van der Waals surface area (Å²) in [6.45, 7) is 6.73. The summed E-state index contributed by atoms with van der Waals surface area (Å²) < 4.78 is 0. The van der Waals surface area contributed by atoms with E-state index in [1.807, 2.05) is 0 Å².